The van der Waals surface area contributed by atoms with Gasteiger partial charge < -0.3 is 13.9 Å². The number of thioether (sulfide) groups is 1. The number of methoxy groups -OCH3 is 2. The predicted molar refractivity (Wildman–Crippen MR) is 96.5 cm³/mol. The molecule has 124 valence electrons. The number of oxazole rings is 1. The highest BCUT2D eigenvalue weighted by molar-refractivity contribution is 7.97. The van der Waals surface area contributed by atoms with Crippen LogP contribution in [0.25, 0.3) is 11.5 Å². The van der Waals surface area contributed by atoms with Crippen molar-refractivity contribution in [1.82, 2.24) is 4.98 Å². The average molecular weight is 341 g/mol. The highest BCUT2D eigenvalue weighted by Gasteiger charge is 2.07. The summed E-state index contributed by atoms with van der Waals surface area (Å²) in [4.78, 5) is 4.55. The van der Waals surface area contributed by atoms with Crippen molar-refractivity contribution in [2.24, 2.45) is 0 Å². The van der Waals surface area contributed by atoms with E-state index in [4.69, 9.17) is 13.9 Å². The second-order valence-electron chi connectivity index (χ2n) is 5.22. The molecule has 0 radical (unpaired) electrons. The summed E-state index contributed by atoms with van der Waals surface area (Å²) < 4.78 is 16.0. The maximum atomic E-state index is 5.58. The van der Waals surface area contributed by atoms with Crippen molar-refractivity contribution < 1.29 is 13.9 Å². The normalized spacial score (nSPS) is 10.6. The molecule has 0 aliphatic carbocycles. The lowest BCUT2D eigenvalue weighted by atomic mass is 10.2. The van der Waals surface area contributed by atoms with Crippen molar-refractivity contribution in [1.29, 1.82) is 0 Å². The van der Waals surface area contributed by atoms with E-state index in [0.29, 0.717) is 5.89 Å². The molecule has 0 aliphatic rings. The third-order valence-electron chi connectivity index (χ3n) is 3.54. The number of hydrogen-bond donors (Lipinski definition) is 0. The minimum atomic E-state index is 0.634. The number of nitrogens with zero attached hydrogens (tertiary/aromatic N) is 1. The van der Waals surface area contributed by atoms with Gasteiger partial charge in [-0.1, -0.05) is 12.1 Å². The molecular weight excluding hydrogens is 322 g/mol. The quantitative estimate of drug-likeness (QED) is 0.618. The van der Waals surface area contributed by atoms with Crippen LogP contribution in [0.1, 0.15) is 11.3 Å². The molecule has 4 nitrogen and oxygen atoms in total. The summed E-state index contributed by atoms with van der Waals surface area (Å²) in [5.41, 5.74) is 3.12. The van der Waals surface area contributed by atoms with E-state index in [1.807, 2.05) is 36.4 Å². The molecule has 2 aromatic carbocycles. The summed E-state index contributed by atoms with van der Waals surface area (Å²) in [6, 6.07) is 15.8. The monoisotopic (exact) mass is 341 g/mol. The van der Waals surface area contributed by atoms with Crippen LogP contribution in [0.15, 0.2) is 59.2 Å². The van der Waals surface area contributed by atoms with Gasteiger partial charge in [0.25, 0.3) is 0 Å². The van der Waals surface area contributed by atoms with Gasteiger partial charge in [-0.25, -0.2) is 4.98 Å². The van der Waals surface area contributed by atoms with E-state index in [2.05, 4.69) is 17.1 Å². The molecule has 0 atom stereocenters. The third-order valence-corrected chi connectivity index (χ3v) is 4.58. The molecule has 0 saturated heterocycles. The van der Waals surface area contributed by atoms with Crippen LogP contribution in [-0.4, -0.2) is 19.2 Å². The van der Waals surface area contributed by atoms with Gasteiger partial charge in [-0.2, -0.15) is 11.8 Å². The molecule has 1 aromatic heterocycles. The largest absolute Gasteiger partial charge is 0.497 e. The summed E-state index contributed by atoms with van der Waals surface area (Å²) in [6.07, 6.45) is 1.72. The van der Waals surface area contributed by atoms with Gasteiger partial charge in [0, 0.05) is 17.1 Å². The lowest BCUT2D eigenvalue weighted by Gasteiger charge is -2.03. The van der Waals surface area contributed by atoms with E-state index in [0.717, 1.165) is 34.3 Å². The predicted octanol–water partition coefficient (Wildman–Crippen LogP) is 4.79. The van der Waals surface area contributed by atoms with Gasteiger partial charge in [-0.05, 0) is 42.0 Å². The molecule has 3 aromatic rings. The van der Waals surface area contributed by atoms with Crippen molar-refractivity contribution in [3.63, 3.8) is 0 Å². The first-order chi connectivity index (χ1) is 11.8. The Bertz CT molecular complexity index is 783. The number of rotatable bonds is 7. The Balaban J connectivity index is 1.57. The highest BCUT2D eigenvalue weighted by Crippen LogP contribution is 2.24. The molecule has 3 rings (SSSR count). The summed E-state index contributed by atoms with van der Waals surface area (Å²) in [7, 11) is 3.33. The van der Waals surface area contributed by atoms with E-state index in [1.54, 1.807) is 32.2 Å². The Morgan fingerprint density at radius 1 is 0.958 bits per heavy atom. The highest BCUT2D eigenvalue weighted by atomic mass is 32.2. The summed E-state index contributed by atoms with van der Waals surface area (Å²) in [5.74, 6) is 4.05. The Morgan fingerprint density at radius 3 is 2.50 bits per heavy atom. The summed E-state index contributed by atoms with van der Waals surface area (Å²) >= 11 is 1.80. The zero-order chi connectivity index (χ0) is 16.8. The van der Waals surface area contributed by atoms with Crippen LogP contribution in [0.3, 0.4) is 0 Å². The minimum Gasteiger partial charge on any atom is -0.497 e. The van der Waals surface area contributed by atoms with Gasteiger partial charge in [0.1, 0.15) is 17.8 Å². The maximum Gasteiger partial charge on any atom is 0.226 e. The zero-order valence-electron chi connectivity index (χ0n) is 13.7. The van der Waals surface area contributed by atoms with E-state index < -0.39 is 0 Å². The topological polar surface area (TPSA) is 44.5 Å². The first-order valence-corrected chi connectivity index (χ1v) is 8.73. The van der Waals surface area contributed by atoms with Gasteiger partial charge >= 0.3 is 0 Å². The van der Waals surface area contributed by atoms with Crippen LogP contribution < -0.4 is 9.47 Å². The second kappa shape index (κ2) is 7.93. The van der Waals surface area contributed by atoms with Crippen LogP contribution in [0.4, 0.5) is 0 Å². The Labute approximate surface area is 145 Å². The van der Waals surface area contributed by atoms with Crippen LogP contribution in [-0.2, 0) is 11.5 Å². The fourth-order valence-electron chi connectivity index (χ4n) is 2.28. The molecular formula is C19H19NO3S. The minimum absolute atomic E-state index is 0.634. The summed E-state index contributed by atoms with van der Waals surface area (Å²) in [6.45, 7) is 0. The third kappa shape index (κ3) is 4.11. The molecule has 0 N–H and O–H groups in total. The Morgan fingerprint density at radius 2 is 1.75 bits per heavy atom. The molecule has 1 heterocycles. The van der Waals surface area contributed by atoms with Crippen molar-refractivity contribution in [2.45, 2.75) is 11.5 Å². The molecule has 24 heavy (non-hydrogen) atoms. The second-order valence-corrected chi connectivity index (χ2v) is 6.20. The summed E-state index contributed by atoms with van der Waals surface area (Å²) in [5, 5.41) is 0. The Hall–Kier alpha value is -2.40. The fourth-order valence-corrected chi connectivity index (χ4v) is 3.13. The molecule has 0 aliphatic heterocycles. The molecule has 0 unspecified atom stereocenters. The van der Waals surface area contributed by atoms with Crippen LogP contribution in [0.5, 0.6) is 11.5 Å². The smallest absolute Gasteiger partial charge is 0.226 e. The molecule has 0 bridgehead atoms. The van der Waals surface area contributed by atoms with E-state index in [-0.39, 0.29) is 0 Å². The SMILES string of the molecule is COc1ccc(-c2nc(CSCc3cccc(OC)c3)co2)cc1. The molecule has 0 saturated carbocycles. The zero-order valence-corrected chi connectivity index (χ0v) is 14.5. The van der Waals surface area contributed by atoms with Gasteiger partial charge in [0.2, 0.25) is 5.89 Å². The number of ether oxygens (including phenoxy) is 2. The average Bonchev–Trinajstić information content (AvgIpc) is 3.11. The fraction of sp³-hybridized carbons (Fsp3) is 0.211. The van der Waals surface area contributed by atoms with Crippen molar-refractivity contribution in [2.75, 3.05) is 14.2 Å². The van der Waals surface area contributed by atoms with Gasteiger partial charge in [-0.15, -0.1) is 0 Å². The molecule has 0 spiro atoms. The van der Waals surface area contributed by atoms with Crippen LogP contribution in [0, 0.1) is 0 Å². The van der Waals surface area contributed by atoms with Crippen molar-refractivity contribution in [3.8, 4) is 23.0 Å². The number of aromatic nitrogens is 1. The van der Waals surface area contributed by atoms with Crippen LogP contribution in [0.2, 0.25) is 0 Å². The molecule has 5 heteroatoms. The standard InChI is InChI=1S/C19H19NO3S/c1-21-17-8-6-15(7-9-17)19-20-16(11-23-19)13-24-12-14-4-3-5-18(10-14)22-2/h3-11H,12-13H2,1-2H3. The lowest BCUT2D eigenvalue weighted by Crippen LogP contribution is -1.87. The first kappa shape index (κ1) is 16.5. The van der Waals surface area contributed by atoms with E-state index in [9.17, 15) is 0 Å². The van der Waals surface area contributed by atoms with Gasteiger partial charge in [-0.3, -0.25) is 0 Å². The first-order valence-electron chi connectivity index (χ1n) is 7.58. The molecule has 0 amide bonds. The lowest BCUT2D eigenvalue weighted by molar-refractivity contribution is 0.414. The van der Waals surface area contributed by atoms with Gasteiger partial charge in [0.15, 0.2) is 0 Å². The molecule has 0 fully saturated rings. The number of benzene rings is 2. The van der Waals surface area contributed by atoms with Crippen molar-refractivity contribution >= 4 is 11.8 Å². The maximum absolute atomic E-state index is 5.58. The van der Waals surface area contributed by atoms with Gasteiger partial charge in [0.05, 0.1) is 19.9 Å². The van der Waals surface area contributed by atoms with E-state index in [1.165, 1.54) is 5.56 Å². The van der Waals surface area contributed by atoms with Crippen LogP contribution >= 0.6 is 11.8 Å². The Kier molecular flexibility index (Phi) is 5.43. The number of hydrogen-bond acceptors (Lipinski definition) is 5. The van der Waals surface area contributed by atoms with Crippen molar-refractivity contribution in [3.05, 3.63) is 66.1 Å². The van der Waals surface area contributed by atoms with E-state index >= 15 is 0 Å².